The zero-order valence-electron chi connectivity index (χ0n) is 45.6. The molecule has 0 aliphatic carbocycles. The summed E-state index contributed by atoms with van der Waals surface area (Å²) in [4.78, 5) is 40.3. The SMILES string of the molecule is c1ccc(-n2c(-c3ccc(C(c4ccc(-c5nc6cccnc6n5-c5ccccc5)cc4)(c4ccc(-c5nc6cccnc6n5-c5ccccc5)cc4)c4ccc(-c5nc6cccnc6n5-c5ccccc5)cc4)cc3)nc3cccnc32)cc1. The molecule has 12 nitrogen and oxygen atoms in total. The van der Waals surface area contributed by atoms with Crippen molar-refractivity contribution in [2.24, 2.45) is 0 Å². The number of aromatic nitrogens is 12. The minimum atomic E-state index is -0.946. The predicted molar refractivity (Wildman–Crippen MR) is 336 cm³/mol. The molecule has 0 aliphatic heterocycles. The lowest BCUT2D eigenvalue weighted by Crippen LogP contribution is -2.31. The van der Waals surface area contributed by atoms with Crippen LogP contribution in [0.3, 0.4) is 0 Å². The Labute approximate surface area is 488 Å². The van der Waals surface area contributed by atoms with Crippen LogP contribution in [0.2, 0.25) is 0 Å². The van der Waals surface area contributed by atoms with Crippen molar-refractivity contribution < 1.29 is 0 Å². The van der Waals surface area contributed by atoms with Gasteiger partial charge in [-0.15, -0.1) is 0 Å². The van der Waals surface area contributed by atoms with Crippen molar-refractivity contribution in [2.75, 3.05) is 0 Å². The van der Waals surface area contributed by atoms with E-state index in [4.69, 9.17) is 39.9 Å². The van der Waals surface area contributed by atoms with E-state index in [1.165, 1.54) is 0 Å². The van der Waals surface area contributed by atoms with E-state index < -0.39 is 5.41 Å². The molecule has 0 unspecified atom stereocenters. The third-order valence-corrected chi connectivity index (χ3v) is 16.0. The number of para-hydroxylation sites is 4. The fourth-order valence-corrected chi connectivity index (χ4v) is 12.2. The van der Waals surface area contributed by atoms with E-state index in [1.807, 2.05) is 146 Å². The first kappa shape index (κ1) is 49.1. The summed E-state index contributed by atoms with van der Waals surface area (Å²) < 4.78 is 8.57. The topological polar surface area (TPSA) is 123 Å². The van der Waals surface area contributed by atoms with Gasteiger partial charge in [0.05, 0.1) is 5.41 Å². The molecule has 8 heterocycles. The Bertz CT molecular complexity index is 4420. The zero-order chi connectivity index (χ0) is 56.3. The highest BCUT2D eigenvalue weighted by Gasteiger charge is 2.39. The first-order valence-electron chi connectivity index (χ1n) is 28.1. The van der Waals surface area contributed by atoms with Crippen LogP contribution in [-0.4, -0.2) is 58.1 Å². The Morgan fingerprint density at radius 1 is 0.212 bits per heavy atom. The van der Waals surface area contributed by atoms with Gasteiger partial charge in [0.15, 0.2) is 22.6 Å². The summed E-state index contributed by atoms with van der Waals surface area (Å²) in [5, 5.41) is 0. The van der Waals surface area contributed by atoms with Crippen molar-refractivity contribution in [3.05, 3.63) is 314 Å². The summed E-state index contributed by atoms with van der Waals surface area (Å²) in [6.07, 6.45) is 7.29. The molecular formula is C73H48N12. The number of rotatable bonds is 12. The van der Waals surface area contributed by atoms with Gasteiger partial charge in [0.25, 0.3) is 0 Å². The van der Waals surface area contributed by atoms with Crippen LogP contribution < -0.4 is 0 Å². The Morgan fingerprint density at radius 3 is 0.635 bits per heavy atom. The molecule has 0 bridgehead atoms. The molecule has 8 aromatic carbocycles. The second-order valence-electron chi connectivity index (χ2n) is 20.9. The van der Waals surface area contributed by atoms with Crippen LogP contribution in [0.1, 0.15) is 22.3 Å². The average molecular weight is 1090 g/mol. The van der Waals surface area contributed by atoms with Gasteiger partial charge >= 0.3 is 0 Å². The Hall–Kier alpha value is -11.8. The van der Waals surface area contributed by atoms with Crippen LogP contribution in [0.25, 0.3) is 113 Å². The van der Waals surface area contributed by atoms with Gasteiger partial charge in [0.2, 0.25) is 0 Å². The van der Waals surface area contributed by atoms with Crippen LogP contribution in [0.5, 0.6) is 0 Å². The Balaban J connectivity index is 0.930. The number of hydrogen-bond acceptors (Lipinski definition) is 8. The Morgan fingerprint density at radius 2 is 0.424 bits per heavy atom. The number of nitrogens with zero attached hydrogens (tertiary/aromatic N) is 12. The quantitative estimate of drug-likeness (QED) is 0.111. The number of benzene rings is 8. The van der Waals surface area contributed by atoms with E-state index in [1.54, 1.807) is 0 Å². The second-order valence-corrected chi connectivity index (χ2v) is 20.9. The maximum Gasteiger partial charge on any atom is 0.164 e. The summed E-state index contributed by atoms with van der Waals surface area (Å²) in [7, 11) is 0. The van der Waals surface area contributed by atoms with Gasteiger partial charge in [-0.05, 0) is 119 Å². The first-order chi connectivity index (χ1) is 42.2. The minimum absolute atomic E-state index is 0.784. The van der Waals surface area contributed by atoms with Gasteiger partial charge in [-0.25, -0.2) is 39.9 Å². The lowest BCUT2D eigenvalue weighted by molar-refractivity contribution is 0.745. The fourth-order valence-electron chi connectivity index (χ4n) is 12.2. The van der Waals surface area contributed by atoms with Crippen molar-refractivity contribution >= 4 is 44.7 Å². The molecule has 12 heteroatoms. The number of fused-ring (bicyclic) bond motifs is 4. The highest BCUT2D eigenvalue weighted by atomic mass is 15.2. The summed E-state index contributed by atoms with van der Waals surface area (Å²) in [5.41, 5.74) is 17.2. The fraction of sp³-hybridized carbons (Fsp3) is 0.0137. The van der Waals surface area contributed by atoms with Gasteiger partial charge in [-0.3, -0.25) is 18.3 Å². The van der Waals surface area contributed by atoms with E-state index >= 15 is 0 Å². The van der Waals surface area contributed by atoms with E-state index in [0.717, 1.165) is 135 Å². The lowest BCUT2D eigenvalue weighted by Gasteiger charge is -2.37. The average Bonchev–Trinajstić information content (AvgIpc) is 1.98. The van der Waals surface area contributed by atoms with Crippen LogP contribution >= 0.6 is 0 Å². The molecule has 0 aliphatic rings. The molecule has 16 rings (SSSR count). The number of imidazole rings is 4. The van der Waals surface area contributed by atoms with E-state index in [2.05, 4.69) is 164 Å². The molecule has 85 heavy (non-hydrogen) atoms. The highest BCUT2D eigenvalue weighted by Crippen LogP contribution is 2.48. The maximum absolute atomic E-state index is 5.24. The number of pyridine rings is 4. The number of hydrogen-bond donors (Lipinski definition) is 0. The zero-order valence-corrected chi connectivity index (χ0v) is 45.6. The molecule has 0 fully saturated rings. The molecule has 0 radical (unpaired) electrons. The molecule has 0 N–H and O–H groups in total. The smallest absolute Gasteiger partial charge is 0.164 e. The molecule has 400 valence electrons. The van der Waals surface area contributed by atoms with E-state index in [9.17, 15) is 0 Å². The van der Waals surface area contributed by atoms with E-state index in [0.29, 0.717) is 0 Å². The van der Waals surface area contributed by atoms with Gasteiger partial charge < -0.3 is 0 Å². The van der Waals surface area contributed by atoms with Gasteiger partial charge in [0.1, 0.15) is 45.4 Å². The summed E-state index contributed by atoms with van der Waals surface area (Å²) in [6.45, 7) is 0. The predicted octanol–water partition coefficient (Wildman–Crippen LogP) is 15.7. The van der Waals surface area contributed by atoms with Gasteiger partial charge in [-0.1, -0.05) is 170 Å². The molecular weight excluding hydrogens is 1040 g/mol. The molecule has 8 aromatic heterocycles. The van der Waals surface area contributed by atoms with Crippen molar-refractivity contribution in [1.82, 2.24) is 58.1 Å². The van der Waals surface area contributed by atoms with Crippen molar-refractivity contribution in [2.45, 2.75) is 5.41 Å². The summed E-state index contributed by atoms with van der Waals surface area (Å²) in [6, 6.07) is 92.7. The van der Waals surface area contributed by atoms with Crippen molar-refractivity contribution in [3.63, 3.8) is 0 Å². The van der Waals surface area contributed by atoms with Gasteiger partial charge in [0, 0.05) is 69.8 Å². The third kappa shape index (κ3) is 8.22. The highest BCUT2D eigenvalue weighted by molar-refractivity contribution is 5.84. The van der Waals surface area contributed by atoms with Crippen LogP contribution in [0.4, 0.5) is 0 Å². The van der Waals surface area contributed by atoms with Gasteiger partial charge in [-0.2, -0.15) is 0 Å². The summed E-state index contributed by atoms with van der Waals surface area (Å²) in [5.74, 6) is 3.16. The largest absolute Gasteiger partial charge is 0.277 e. The maximum atomic E-state index is 5.24. The lowest BCUT2D eigenvalue weighted by atomic mass is 9.64. The first-order valence-corrected chi connectivity index (χ1v) is 28.1. The summed E-state index contributed by atoms with van der Waals surface area (Å²) >= 11 is 0. The second kappa shape index (κ2) is 20.3. The van der Waals surface area contributed by atoms with Crippen LogP contribution in [-0.2, 0) is 5.41 Å². The third-order valence-electron chi connectivity index (χ3n) is 16.0. The van der Waals surface area contributed by atoms with Crippen molar-refractivity contribution in [1.29, 1.82) is 0 Å². The van der Waals surface area contributed by atoms with Crippen LogP contribution in [0.15, 0.2) is 292 Å². The molecule has 0 saturated heterocycles. The molecule has 0 atom stereocenters. The monoisotopic (exact) mass is 1090 g/mol. The van der Waals surface area contributed by atoms with E-state index in [-0.39, 0.29) is 0 Å². The van der Waals surface area contributed by atoms with Crippen LogP contribution in [0, 0.1) is 0 Å². The minimum Gasteiger partial charge on any atom is -0.277 e. The van der Waals surface area contributed by atoms with Crippen molar-refractivity contribution in [3.8, 4) is 68.3 Å². The molecule has 0 amide bonds. The normalized spacial score (nSPS) is 11.8. The standard InChI is InChI=1S/C73H48N12/c1-5-17-57(18-6-1)82-65(78-61-25-13-45-74-69(61)82)49-29-37-53(38-30-49)73(54-39-31-50(32-40-54)66-79-62-26-14-46-75-70(62)83(66)58-19-7-2-8-20-58,55-41-33-51(34-42-55)67-80-63-27-15-47-76-71(63)84(67)59-21-9-3-10-22-59)56-43-35-52(36-44-56)68-81-64-28-16-48-77-72(64)85(68)60-23-11-4-12-24-60/h1-48H. The molecule has 0 saturated carbocycles. The molecule has 16 aromatic rings. The Kier molecular flexibility index (Phi) is 11.7. The molecule has 0 spiro atoms.